The first-order valence-corrected chi connectivity index (χ1v) is 10.6. The molecule has 0 saturated carbocycles. The Labute approximate surface area is 170 Å². The summed E-state index contributed by atoms with van der Waals surface area (Å²) in [6.07, 6.45) is 1.63. The summed E-state index contributed by atoms with van der Waals surface area (Å²) in [6, 6.07) is 16.8. The Balaban J connectivity index is 0.00000117. The van der Waals surface area contributed by atoms with Gasteiger partial charge in [-0.2, -0.15) is 0 Å². The van der Waals surface area contributed by atoms with E-state index in [-0.39, 0.29) is 5.56 Å². The van der Waals surface area contributed by atoms with E-state index >= 15 is 0 Å². The molecule has 0 bridgehead atoms. The summed E-state index contributed by atoms with van der Waals surface area (Å²) in [5, 5.41) is 0. The molecule has 1 aromatic heterocycles. The molecule has 0 radical (unpaired) electrons. The molecular formula is C19H16CuF2IN2O. The van der Waals surface area contributed by atoms with E-state index in [4.69, 9.17) is 10.5 Å². The van der Waals surface area contributed by atoms with Crippen LogP contribution in [-0.4, -0.2) is 4.98 Å². The minimum atomic E-state index is -2.90. The van der Waals surface area contributed by atoms with Gasteiger partial charge >= 0.3 is 33.1 Å². The van der Waals surface area contributed by atoms with Crippen molar-refractivity contribution in [2.24, 2.45) is 0 Å². The van der Waals surface area contributed by atoms with Gasteiger partial charge in [0.15, 0.2) is 0 Å². The Bertz CT molecular complexity index is 855. The number of rotatable bonds is 4. The van der Waals surface area contributed by atoms with Crippen LogP contribution in [0.1, 0.15) is 12.5 Å². The SMILES string of the molecule is CC(F)(F)c1cccc(Oc2ccc(-c3cccnc3N)cc2)c1.[Cu][I]. The van der Waals surface area contributed by atoms with Gasteiger partial charge in [0, 0.05) is 24.2 Å². The number of halogens is 3. The van der Waals surface area contributed by atoms with E-state index in [2.05, 4.69) is 17.7 Å². The second-order valence-electron chi connectivity index (χ2n) is 5.48. The van der Waals surface area contributed by atoms with E-state index in [1.54, 1.807) is 50.8 Å². The van der Waals surface area contributed by atoms with Crippen LogP contribution in [0.2, 0.25) is 0 Å². The fourth-order valence-electron chi connectivity index (χ4n) is 2.33. The number of benzene rings is 2. The molecule has 2 N–H and O–H groups in total. The van der Waals surface area contributed by atoms with Crippen molar-refractivity contribution in [3.05, 3.63) is 72.4 Å². The molecule has 3 nitrogen and oxygen atoms in total. The van der Waals surface area contributed by atoms with Crippen LogP contribution in [0, 0.1) is 0 Å². The molecule has 0 spiro atoms. The van der Waals surface area contributed by atoms with Gasteiger partial charge in [0.2, 0.25) is 0 Å². The third-order valence-corrected chi connectivity index (χ3v) is 3.58. The fraction of sp³-hybridized carbons (Fsp3) is 0.105. The van der Waals surface area contributed by atoms with Crippen molar-refractivity contribution >= 4 is 26.2 Å². The summed E-state index contributed by atoms with van der Waals surface area (Å²) in [6.45, 7) is 0.860. The van der Waals surface area contributed by atoms with Gasteiger partial charge in [0.25, 0.3) is 5.92 Å². The first-order valence-electron chi connectivity index (χ1n) is 7.52. The molecule has 0 aliphatic carbocycles. The molecule has 0 amide bonds. The zero-order valence-electron chi connectivity index (χ0n) is 13.7. The van der Waals surface area contributed by atoms with Gasteiger partial charge in [-0.05, 0) is 42.0 Å². The first kappa shape index (κ1) is 20.6. The number of ether oxygens (including phenoxy) is 1. The fourth-order valence-corrected chi connectivity index (χ4v) is 2.33. The van der Waals surface area contributed by atoms with Crippen LogP contribution in [-0.2, 0) is 18.7 Å². The zero-order valence-corrected chi connectivity index (χ0v) is 16.8. The molecule has 7 heteroatoms. The van der Waals surface area contributed by atoms with Gasteiger partial charge < -0.3 is 10.5 Å². The van der Waals surface area contributed by atoms with Gasteiger partial charge in [0.1, 0.15) is 17.3 Å². The second kappa shape index (κ2) is 9.30. The molecule has 3 aromatic rings. The number of nitrogens with two attached hydrogens (primary N) is 1. The Morgan fingerprint density at radius 3 is 2.31 bits per heavy atom. The maximum atomic E-state index is 13.4. The molecule has 1 heterocycles. The Morgan fingerprint density at radius 1 is 1.00 bits per heavy atom. The van der Waals surface area contributed by atoms with Crippen molar-refractivity contribution in [2.75, 3.05) is 5.73 Å². The molecule has 0 saturated heterocycles. The van der Waals surface area contributed by atoms with Crippen molar-refractivity contribution in [1.29, 1.82) is 0 Å². The Kier molecular flexibility index (Phi) is 7.37. The van der Waals surface area contributed by atoms with Gasteiger partial charge in [-0.1, -0.05) is 24.3 Å². The quantitative estimate of drug-likeness (QED) is 0.336. The average Bonchev–Trinajstić information content (AvgIpc) is 2.64. The summed E-state index contributed by atoms with van der Waals surface area (Å²) in [7, 11) is 0. The van der Waals surface area contributed by atoms with E-state index in [1.165, 1.54) is 12.1 Å². The summed E-state index contributed by atoms with van der Waals surface area (Å²) < 4.78 is 32.4. The summed E-state index contributed by atoms with van der Waals surface area (Å²) in [5.74, 6) is -1.54. The number of alkyl halides is 2. The predicted molar refractivity (Wildman–Crippen MR) is 104 cm³/mol. The van der Waals surface area contributed by atoms with Gasteiger partial charge in [-0.15, -0.1) is 0 Å². The molecule has 0 atom stereocenters. The number of aromatic nitrogens is 1. The van der Waals surface area contributed by atoms with Crippen LogP contribution in [0.4, 0.5) is 14.6 Å². The van der Waals surface area contributed by atoms with Crippen molar-refractivity contribution in [3.8, 4) is 22.6 Å². The summed E-state index contributed by atoms with van der Waals surface area (Å²) >= 11 is 5.87. The monoisotopic (exact) mass is 516 g/mol. The number of nitrogen functional groups attached to an aromatic ring is 1. The Hall–Kier alpha value is -1.70. The molecule has 0 aliphatic heterocycles. The van der Waals surface area contributed by atoms with E-state index in [1.807, 2.05) is 24.3 Å². The second-order valence-corrected chi connectivity index (χ2v) is 5.48. The van der Waals surface area contributed by atoms with Crippen molar-refractivity contribution < 1.29 is 26.3 Å². The topological polar surface area (TPSA) is 48.1 Å². The van der Waals surface area contributed by atoms with E-state index in [0.717, 1.165) is 18.1 Å². The van der Waals surface area contributed by atoms with Crippen molar-refractivity contribution in [1.82, 2.24) is 4.98 Å². The van der Waals surface area contributed by atoms with Crippen LogP contribution in [0.25, 0.3) is 11.1 Å². The molecule has 0 fully saturated rings. The number of pyridine rings is 1. The Morgan fingerprint density at radius 2 is 1.69 bits per heavy atom. The summed E-state index contributed by atoms with van der Waals surface area (Å²) in [4.78, 5) is 4.05. The van der Waals surface area contributed by atoms with Crippen molar-refractivity contribution in [3.63, 3.8) is 0 Å². The van der Waals surface area contributed by atoms with Gasteiger partial charge in [0.05, 0.1) is 0 Å². The van der Waals surface area contributed by atoms with Gasteiger partial charge in [-0.3, -0.25) is 0 Å². The molecule has 0 aliphatic rings. The number of anilines is 1. The third kappa shape index (κ3) is 5.40. The molecule has 0 unspecified atom stereocenters. The van der Waals surface area contributed by atoms with Crippen LogP contribution in [0.5, 0.6) is 11.5 Å². The molecule has 140 valence electrons. The van der Waals surface area contributed by atoms with Crippen LogP contribution in [0.15, 0.2) is 66.9 Å². The minimum absolute atomic E-state index is 0.0836. The van der Waals surface area contributed by atoms with Crippen LogP contribution in [0.3, 0.4) is 0 Å². The number of hydrogen-bond donors (Lipinski definition) is 1. The molecular weight excluding hydrogens is 501 g/mol. The molecule has 2 aromatic carbocycles. The normalized spacial score (nSPS) is 10.7. The average molecular weight is 517 g/mol. The van der Waals surface area contributed by atoms with Crippen LogP contribution >= 0.6 is 20.3 Å². The van der Waals surface area contributed by atoms with Crippen LogP contribution < -0.4 is 10.5 Å². The molecule has 3 rings (SSSR count). The van der Waals surface area contributed by atoms with Gasteiger partial charge in [-0.25, -0.2) is 13.8 Å². The molecule has 26 heavy (non-hydrogen) atoms. The zero-order chi connectivity index (χ0) is 19.2. The first-order chi connectivity index (χ1) is 12.4. The standard InChI is InChI=1S/C19H16F2N2O.Cu.HI/c1-19(20,21)14-4-2-5-16(12-14)24-15-9-7-13(8-10-15)17-6-3-11-23-18(17)22;;/h2-12H,1H3,(H2,22,23);;1H/q;+1;/p-1. The summed E-state index contributed by atoms with van der Waals surface area (Å²) in [5.41, 5.74) is 7.51. The van der Waals surface area contributed by atoms with E-state index in [9.17, 15) is 8.78 Å². The predicted octanol–water partition coefficient (Wildman–Crippen LogP) is 6.12. The third-order valence-electron chi connectivity index (χ3n) is 3.58. The number of hydrogen-bond acceptors (Lipinski definition) is 3. The van der Waals surface area contributed by atoms with E-state index < -0.39 is 5.92 Å². The maximum absolute atomic E-state index is 13.4. The number of nitrogens with zero attached hydrogens (tertiary/aromatic N) is 1. The van der Waals surface area contributed by atoms with E-state index in [0.29, 0.717) is 17.3 Å². The van der Waals surface area contributed by atoms with Crippen molar-refractivity contribution in [2.45, 2.75) is 12.8 Å².